The van der Waals surface area contributed by atoms with Crippen LogP contribution in [0.3, 0.4) is 0 Å². The van der Waals surface area contributed by atoms with Gasteiger partial charge in [0.15, 0.2) is 0 Å². The van der Waals surface area contributed by atoms with E-state index < -0.39 is 0 Å². The van der Waals surface area contributed by atoms with Crippen molar-refractivity contribution in [3.63, 3.8) is 0 Å². The van der Waals surface area contributed by atoms with Crippen LogP contribution in [0.5, 0.6) is 0 Å². The summed E-state index contributed by atoms with van der Waals surface area (Å²) in [6.07, 6.45) is 4.01. The maximum atomic E-state index is 12.6. The predicted octanol–water partition coefficient (Wildman–Crippen LogP) is 4.25. The van der Waals surface area contributed by atoms with Gasteiger partial charge in [-0.15, -0.1) is 11.3 Å². The predicted molar refractivity (Wildman–Crippen MR) is 97.8 cm³/mol. The molecule has 0 spiro atoms. The van der Waals surface area contributed by atoms with Gasteiger partial charge in [-0.05, 0) is 48.9 Å². The molecule has 2 heterocycles. The topological polar surface area (TPSA) is 54.4 Å². The average Bonchev–Trinajstić information content (AvgIpc) is 3.37. The van der Waals surface area contributed by atoms with Crippen molar-refractivity contribution in [1.82, 2.24) is 10.4 Å². The van der Waals surface area contributed by atoms with Crippen molar-refractivity contribution in [2.75, 3.05) is 0 Å². The van der Waals surface area contributed by atoms with Crippen molar-refractivity contribution in [2.45, 2.75) is 25.7 Å². The number of amides is 1. The van der Waals surface area contributed by atoms with Crippen LogP contribution in [-0.2, 0) is 0 Å². The zero-order valence-electron chi connectivity index (χ0n) is 13.3. The highest BCUT2D eigenvalue weighted by molar-refractivity contribution is 7.11. The molecular weight excluding hydrogens is 318 g/mol. The minimum absolute atomic E-state index is 0.194. The summed E-state index contributed by atoms with van der Waals surface area (Å²) in [6, 6.07) is 11.7. The lowest BCUT2D eigenvalue weighted by atomic mass is 10.1. The van der Waals surface area contributed by atoms with E-state index >= 15 is 0 Å². The molecule has 0 atom stereocenters. The molecule has 0 radical (unpaired) electrons. The fourth-order valence-electron chi connectivity index (χ4n) is 2.70. The lowest BCUT2D eigenvalue weighted by Gasteiger charge is -2.08. The number of aromatic nitrogens is 1. The van der Waals surface area contributed by atoms with Gasteiger partial charge in [0.05, 0.1) is 17.3 Å². The summed E-state index contributed by atoms with van der Waals surface area (Å²) in [7, 11) is 0. The Morgan fingerprint density at radius 2 is 2.17 bits per heavy atom. The maximum Gasteiger partial charge on any atom is 0.272 e. The number of benzene rings is 1. The number of rotatable bonds is 4. The van der Waals surface area contributed by atoms with Crippen LogP contribution in [0.2, 0.25) is 0 Å². The molecule has 1 N–H and O–H groups in total. The van der Waals surface area contributed by atoms with Gasteiger partial charge >= 0.3 is 0 Å². The van der Waals surface area contributed by atoms with Gasteiger partial charge in [-0.2, -0.15) is 5.10 Å². The van der Waals surface area contributed by atoms with Gasteiger partial charge in [0.1, 0.15) is 0 Å². The molecule has 1 saturated carbocycles. The monoisotopic (exact) mass is 335 g/mol. The van der Waals surface area contributed by atoms with E-state index in [9.17, 15) is 4.79 Å². The second-order valence-electron chi connectivity index (χ2n) is 6.05. The Hall–Kier alpha value is -2.53. The second kappa shape index (κ2) is 6.17. The third-order valence-electron chi connectivity index (χ3n) is 4.23. The van der Waals surface area contributed by atoms with Crippen molar-refractivity contribution in [3.8, 4) is 0 Å². The molecule has 4 rings (SSSR count). The van der Waals surface area contributed by atoms with Crippen LogP contribution in [0.1, 0.15) is 45.3 Å². The summed E-state index contributed by atoms with van der Waals surface area (Å²) in [6.45, 7) is 2.03. The van der Waals surface area contributed by atoms with Gasteiger partial charge in [0.25, 0.3) is 5.91 Å². The number of hydrogen-bond donors (Lipinski definition) is 1. The Bertz CT molecular complexity index is 941. The quantitative estimate of drug-likeness (QED) is 0.572. The SMILES string of the molecule is Cc1ccsc1C=NNC(=O)c1cc(C2CC2)nc2ccccc12. The molecule has 5 heteroatoms. The molecule has 2 aromatic heterocycles. The standard InChI is InChI=1S/C19H17N3OS/c1-12-8-9-24-18(12)11-20-22-19(23)15-10-17(13-6-7-13)21-16-5-3-2-4-14(15)16/h2-5,8-11,13H,6-7H2,1H3,(H,22,23). The molecule has 1 aromatic carbocycles. The summed E-state index contributed by atoms with van der Waals surface area (Å²) in [5.41, 5.74) is 6.33. The molecular formula is C19H17N3OS. The Morgan fingerprint density at radius 1 is 1.33 bits per heavy atom. The first-order chi connectivity index (χ1) is 11.7. The van der Waals surface area contributed by atoms with Gasteiger partial charge < -0.3 is 0 Å². The lowest BCUT2D eigenvalue weighted by molar-refractivity contribution is 0.0956. The molecule has 120 valence electrons. The number of hydrogen-bond acceptors (Lipinski definition) is 4. The number of nitrogens with one attached hydrogen (secondary N) is 1. The van der Waals surface area contributed by atoms with E-state index in [0.717, 1.165) is 39.9 Å². The Balaban J connectivity index is 1.63. The normalized spacial score (nSPS) is 14.4. The number of carbonyl (C=O) groups is 1. The zero-order chi connectivity index (χ0) is 16.5. The molecule has 1 fully saturated rings. The number of nitrogens with zero attached hydrogens (tertiary/aromatic N) is 2. The van der Waals surface area contributed by atoms with E-state index in [1.54, 1.807) is 17.6 Å². The molecule has 1 aliphatic rings. The maximum absolute atomic E-state index is 12.6. The smallest absolute Gasteiger partial charge is 0.267 e. The van der Waals surface area contributed by atoms with Crippen LogP contribution >= 0.6 is 11.3 Å². The van der Waals surface area contributed by atoms with Crippen molar-refractivity contribution in [3.05, 3.63) is 63.5 Å². The molecule has 3 aromatic rings. The summed E-state index contributed by atoms with van der Waals surface area (Å²) in [4.78, 5) is 18.4. The molecule has 24 heavy (non-hydrogen) atoms. The third kappa shape index (κ3) is 2.95. The highest BCUT2D eigenvalue weighted by Crippen LogP contribution is 2.40. The highest BCUT2D eigenvalue weighted by atomic mass is 32.1. The van der Waals surface area contributed by atoms with Crippen molar-refractivity contribution in [2.24, 2.45) is 5.10 Å². The first-order valence-electron chi connectivity index (χ1n) is 7.99. The van der Waals surface area contributed by atoms with Crippen molar-refractivity contribution in [1.29, 1.82) is 0 Å². The number of fused-ring (bicyclic) bond motifs is 1. The molecule has 0 bridgehead atoms. The first kappa shape index (κ1) is 15.0. The van der Waals surface area contributed by atoms with Crippen LogP contribution in [-0.4, -0.2) is 17.1 Å². The lowest BCUT2D eigenvalue weighted by Crippen LogP contribution is -2.18. The average molecular weight is 335 g/mol. The minimum atomic E-state index is -0.194. The van der Waals surface area contributed by atoms with Gasteiger partial charge in [0, 0.05) is 21.9 Å². The third-order valence-corrected chi connectivity index (χ3v) is 5.18. The summed E-state index contributed by atoms with van der Waals surface area (Å²) < 4.78 is 0. The van der Waals surface area contributed by atoms with Crippen molar-refractivity contribution >= 4 is 34.4 Å². The van der Waals surface area contributed by atoms with Crippen LogP contribution in [0.4, 0.5) is 0 Å². The Morgan fingerprint density at radius 3 is 2.92 bits per heavy atom. The summed E-state index contributed by atoms with van der Waals surface area (Å²) in [5.74, 6) is 0.305. The molecule has 0 unspecified atom stereocenters. The van der Waals surface area contributed by atoms with Crippen LogP contribution in [0, 0.1) is 6.92 Å². The molecule has 0 saturated heterocycles. The van der Waals surface area contributed by atoms with Gasteiger partial charge in [0.2, 0.25) is 0 Å². The zero-order valence-corrected chi connectivity index (χ0v) is 14.1. The van der Waals surface area contributed by atoms with Crippen LogP contribution in [0.25, 0.3) is 10.9 Å². The summed E-state index contributed by atoms with van der Waals surface area (Å²) in [5, 5.41) is 6.99. The molecule has 0 aliphatic heterocycles. The van der Waals surface area contributed by atoms with Gasteiger partial charge in [-0.25, -0.2) is 5.43 Å². The Kier molecular flexibility index (Phi) is 3.86. The highest BCUT2D eigenvalue weighted by Gasteiger charge is 2.26. The Labute approximate surface area is 144 Å². The van der Waals surface area contributed by atoms with E-state index in [-0.39, 0.29) is 5.91 Å². The van der Waals surface area contributed by atoms with E-state index in [0.29, 0.717) is 11.5 Å². The number of carbonyl (C=O) groups excluding carboxylic acids is 1. The first-order valence-corrected chi connectivity index (χ1v) is 8.87. The number of aryl methyl sites for hydroxylation is 1. The van der Waals surface area contributed by atoms with E-state index in [1.165, 1.54) is 0 Å². The van der Waals surface area contributed by atoms with Gasteiger partial charge in [-0.3, -0.25) is 9.78 Å². The number of hydrazone groups is 1. The molecule has 4 nitrogen and oxygen atoms in total. The fraction of sp³-hybridized carbons (Fsp3) is 0.211. The largest absolute Gasteiger partial charge is 0.272 e. The van der Waals surface area contributed by atoms with E-state index in [2.05, 4.69) is 10.5 Å². The number of thiophene rings is 1. The molecule has 1 amide bonds. The van der Waals surface area contributed by atoms with E-state index in [4.69, 9.17) is 4.98 Å². The van der Waals surface area contributed by atoms with E-state index in [1.807, 2.05) is 48.7 Å². The second-order valence-corrected chi connectivity index (χ2v) is 7.00. The number of para-hydroxylation sites is 1. The fourth-order valence-corrected chi connectivity index (χ4v) is 3.48. The van der Waals surface area contributed by atoms with Gasteiger partial charge in [-0.1, -0.05) is 18.2 Å². The van der Waals surface area contributed by atoms with Crippen LogP contribution in [0.15, 0.2) is 46.9 Å². The summed E-state index contributed by atoms with van der Waals surface area (Å²) >= 11 is 1.60. The van der Waals surface area contributed by atoms with Crippen LogP contribution < -0.4 is 5.43 Å². The van der Waals surface area contributed by atoms with Crippen molar-refractivity contribution < 1.29 is 4.79 Å². The molecule has 1 aliphatic carbocycles. The minimum Gasteiger partial charge on any atom is -0.267 e. The number of pyridine rings is 1.